The van der Waals surface area contributed by atoms with E-state index in [1.165, 1.54) is 48.6 Å². The number of ether oxygens (including phenoxy) is 2. The zero-order chi connectivity index (χ0) is 46.8. The number of rotatable bonds is 11. The zero-order valence-electron chi connectivity index (χ0n) is 38.0. The summed E-state index contributed by atoms with van der Waals surface area (Å²) < 4.78 is 57.1. The third-order valence-corrected chi connectivity index (χ3v) is 16.9. The van der Waals surface area contributed by atoms with Gasteiger partial charge in [0.1, 0.15) is 40.9 Å². The first kappa shape index (κ1) is 45.5. The van der Waals surface area contributed by atoms with Gasteiger partial charge in [-0.2, -0.15) is 0 Å². The third-order valence-electron chi connectivity index (χ3n) is 15.3. The molecule has 0 radical (unpaired) electrons. The standard InChI is InChI=1S/C50H57ClFN7O7S/c1-29(2)33-7-4-5-8-34(33)35-9-6-10-41(35)59-27-50(28-59)17-19-58(20-18-50)31-11-12-36(42(21-31)66-44-24-37-38(52)25-53-47(37)55-46(44)51)48(60)57-67(63,64)32-22-39(56-62)45-43(23-32)65-26-40(54-45)30-13-15-49(3,61)16-14-30/h4-5,7-8,11-12,21-25,29-30,35,40-41,54,61H,6,9-10,13-20,26-28H2,1-3H3,(H,53,55)(H,57,60)/t30?,35-,40+,41-,49?/m0/s1. The number of pyridine rings is 1. The predicted octanol–water partition coefficient (Wildman–Crippen LogP) is 10.1. The molecule has 1 spiro atoms. The number of likely N-dealkylation sites (tertiary alicyclic amines) is 1. The second-order valence-corrected chi connectivity index (χ2v) is 22.2. The number of hydrogen-bond acceptors (Lipinski definition) is 12. The molecule has 4 fully saturated rings. The molecule has 354 valence electrons. The van der Waals surface area contributed by atoms with Gasteiger partial charge in [-0.25, -0.2) is 22.5 Å². The van der Waals surface area contributed by atoms with Crippen LogP contribution in [-0.2, 0) is 10.0 Å². The van der Waals surface area contributed by atoms with Crippen molar-refractivity contribution in [3.05, 3.63) is 99.4 Å². The highest BCUT2D eigenvalue weighted by atomic mass is 35.5. The summed E-state index contributed by atoms with van der Waals surface area (Å²) in [5.41, 5.74) is 3.39. The van der Waals surface area contributed by atoms with E-state index in [0.717, 1.165) is 69.8 Å². The van der Waals surface area contributed by atoms with Crippen molar-refractivity contribution in [3.63, 3.8) is 0 Å². The van der Waals surface area contributed by atoms with Crippen molar-refractivity contribution in [1.29, 1.82) is 0 Å². The van der Waals surface area contributed by atoms with E-state index in [2.05, 4.69) is 73.1 Å². The minimum Gasteiger partial charge on any atom is -0.489 e. The van der Waals surface area contributed by atoms with Gasteiger partial charge in [-0.3, -0.25) is 9.69 Å². The molecule has 4 N–H and O–H groups in total. The molecule has 5 aromatic rings. The molecular weight excluding hydrogens is 897 g/mol. The number of aromatic amines is 1. The number of hydrogen-bond donors (Lipinski definition) is 4. The van der Waals surface area contributed by atoms with Crippen LogP contribution in [-0.4, -0.2) is 84.8 Å². The summed E-state index contributed by atoms with van der Waals surface area (Å²) >= 11 is 6.55. The fourth-order valence-corrected chi connectivity index (χ4v) is 12.7. The lowest BCUT2D eigenvalue weighted by atomic mass is 9.70. The number of piperidine rings is 1. The highest BCUT2D eigenvalue weighted by Gasteiger charge is 2.49. The van der Waals surface area contributed by atoms with Crippen LogP contribution in [0.3, 0.4) is 0 Å². The second kappa shape index (κ2) is 17.7. The smallest absolute Gasteiger partial charge is 0.268 e. The number of nitroso groups, excluding NO2 is 1. The van der Waals surface area contributed by atoms with Crippen LogP contribution in [0, 0.1) is 22.1 Å². The summed E-state index contributed by atoms with van der Waals surface area (Å²) in [5, 5.41) is 16.9. The number of benzene rings is 3. The summed E-state index contributed by atoms with van der Waals surface area (Å²) in [4.78, 5) is 37.8. The van der Waals surface area contributed by atoms with E-state index in [9.17, 15) is 27.6 Å². The first-order valence-electron chi connectivity index (χ1n) is 23.5. The van der Waals surface area contributed by atoms with Gasteiger partial charge in [0, 0.05) is 56.2 Å². The molecular formula is C50H57ClFN7O7S. The minimum absolute atomic E-state index is 0.0169. The maximum atomic E-state index is 14.7. The molecule has 1 amide bonds. The number of nitrogens with one attached hydrogen (secondary N) is 3. The highest BCUT2D eigenvalue weighted by Crippen LogP contribution is 2.49. The van der Waals surface area contributed by atoms with Crippen molar-refractivity contribution in [3.8, 4) is 17.2 Å². The van der Waals surface area contributed by atoms with E-state index < -0.39 is 32.2 Å². The summed E-state index contributed by atoms with van der Waals surface area (Å²) in [6, 6.07) is 18.0. The first-order valence-corrected chi connectivity index (χ1v) is 25.4. The maximum Gasteiger partial charge on any atom is 0.268 e. The Labute approximate surface area is 395 Å². The number of sulfonamides is 1. The second-order valence-electron chi connectivity index (χ2n) is 20.1. The normalized spacial score (nSPS) is 25.0. The van der Waals surface area contributed by atoms with Gasteiger partial charge in [0.25, 0.3) is 15.9 Å². The van der Waals surface area contributed by atoms with Crippen LogP contribution in [0.4, 0.5) is 21.5 Å². The first-order chi connectivity index (χ1) is 32.1. The molecule has 5 heterocycles. The average molecular weight is 955 g/mol. The Balaban J connectivity index is 0.866. The van der Waals surface area contributed by atoms with Gasteiger partial charge >= 0.3 is 0 Å². The number of carbonyl (C=O) groups excluding carboxylic acids is 1. The fourth-order valence-electron chi connectivity index (χ4n) is 11.5. The zero-order valence-corrected chi connectivity index (χ0v) is 39.6. The van der Waals surface area contributed by atoms with E-state index in [1.807, 2.05) is 6.92 Å². The number of carbonyl (C=O) groups is 1. The maximum absolute atomic E-state index is 14.7. The van der Waals surface area contributed by atoms with E-state index in [0.29, 0.717) is 30.7 Å². The molecule has 3 aromatic carbocycles. The largest absolute Gasteiger partial charge is 0.489 e. The predicted molar refractivity (Wildman–Crippen MR) is 256 cm³/mol. The summed E-state index contributed by atoms with van der Waals surface area (Å²) in [6.07, 6.45) is 9.58. The monoisotopic (exact) mass is 953 g/mol. The molecule has 17 heteroatoms. The number of nitrogens with zero attached hydrogens (tertiary/aromatic N) is 4. The lowest BCUT2D eigenvalue weighted by Crippen LogP contribution is -2.63. The van der Waals surface area contributed by atoms with Gasteiger partial charge in [0.15, 0.2) is 10.9 Å². The number of halogens is 2. The Morgan fingerprint density at radius 2 is 1.79 bits per heavy atom. The quantitative estimate of drug-likeness (QED) is 0.0732. The van der Waals surface area contributed by atoms with Crippen molar-refractivity contribution < 1.29 is 32.2 Å². The van der Waals surface area contributed by atoms with Crippen molar-refractivity contribution in [2.75, 3.05) is 43.0 Å². The van der Waals surface area contributed by atoms with Crippen LogP contribution in [0.2, 0.25) is 5.15 Å². The van der Waals surface area contributed by atoms with Gasteiger partial charge in [0.2, 0.25) is 0 Å². The molecule has 67 heavy (non-hydrogen) atoms. The molecule has 2 saturated heterocycles. The van der Waals surface area contributed by atoms with Crippen LogP contribution in [0.5, 0.6) is 17.2 Å². The lowest BCUT2D eigenvalue weighted by Gasteiger charge is -2.57. The van der Waals surface area contributed by atoms with Gasteiger partial charge < -0.3 is 29.8 Å². The molecule has 3 atom stereocenters. The van der Waals surface area contributed by atoms with Crippen LogP contribution in [0.25, 0.3) is 11.0 Å². The minimum atomic E-state index is -4.62. The van der Waals surface area contributed by atoms with Crippen LogP contribution in [0.1, 0.15) is 112 Å². The SMILES string of the molecule is CC(C)c1ccccc1[C@@H]1CCC[C@@H]1N1CC2(CCN(c3ccc(C(=O)NS(=O)(=O)c4cc(N=O)c5c(c4)OC[C@H](C4CCC(C)(O)CC4)N5)c(Oc4cc5c(F)c[nH]c5nc4Cl)c3)CC2)C1. The number of fused-ring (bicyclic) bond motifs is 2. The molecule has 0 bridgehead atoms. The lowest BCUT2D eigenvalue weighted by molar-refractivity contribution is -0.0493. The fraction of sp³-hybridized carbons (Fsp3) is 0.480. The van der Waals surface area contributed by atoms with Crippen LogP contribution >= 0.6 is 11.6 Å². The molecule has 10 rings (SSSR count). The van der Waals surface area contributed by atoms with Gasteiger partial charge in [-0.1, -0.05) is 56.1 Å². The molecule has 14 nitrogen and oxygen atoms in total. The number of aliphatic hydroxyl groups is 1. The Bertz CT molecular complexity index is 2830. The van der Waals surface area contributed by atoms with Gasteiger partial charge in [0.05, 0.1) is 27.5 Å². The van der Waals surface area contributed by atoms with E-state index in [-0.39, 0.29) is 74.4 Å². The Hall–Kier alpha value is -5.29. The number of H-pyrrole nitrogens is 1. The van der Waals surface area contributed by atoms with Crippen molar-refractivity contribution in [2.45, 2.75) is 113 Å². The third kappa shape index (κ3) is 8.86. The van der Waals surface area contributed by atoms with Crippen LogP contribution in [0.15, 0.2) is 76.9 Å². The van der Waals surface area contributed by atoms with E-state index in [1.54, 1.807) is 12.1 Å². The van der Waals surface area contributed by atoms with Crippen molar-refractivity contribution >= 4 is 55.6 Å². The molecule has 2 saturated carbocycles. The molecule has 3 aliphatic heterocycles. The average Bonchev–Trinajstić information content (AvgIpc) is 3.93. The molecule has 5 aliphatic rings. The Kier molecular flexibility index (Phi) is 12.0. The van der Waals surface area contributed by atoms with Crippen LogP contribution < -0.4 is 24.4 Å². The molecule has 2 aromatic heterocycles. The summed E-state index contributed by atoms with van der Waals surface area (Å²) in [6.45, 7) is 10.3. The molecule has 2 aliphatic carbocycles. The Morgan fingerprint density at radius 1 is 1.03 bits per heavy atom. The number of aromatic nitrogens is 2. The highest BCUT2D eigenvalue weighted by molar-refractivity contribution is 7.90. The molecule has 0 unspecified atom stereocenters. The summed E-state index contributed by atoms with van der Waals surface area (Å²) in [7, 11) is -4.62. The van der Waals surface area contributed by atoms with E-state index in [4.69, 9.17) is 21.1 Å². The van der Waals surface area contributed by atoms with Crippen molar-refractivity contribution in [2.24, 2.45) is 16.5 Å². The topological polar surface area (TPSA) is 179 Å². The van der Waals surface area contributed by atoms with Gasteiger partial charge in [-0.15, -0.1) is 4.91 Å². The number of amides is 1. The van der Waals surface area contributed by atoms with Gasteiger partial charge in [-0.05, 0) is 122 Å². The number of anilines is 2. The summed E-state index contributed by atoms with van der Waals surface area (Å²) in [5.74, 6) is -0.327. The van der Waals surface area contributed by atoms with E-state index >= 15 is 0 Å². The van der Waals surface area contributed by atoms with Crippen molar-refractivity contribution in [1.82, 2.24) is 19.6 Å². The Morgan fingerprint density at radius 3 is 2.54 bits per heavy atom.